The fourth-order valence-electron chi connectivity index (χ4n) is 4.82. The van der Waals surface area contributed by atoms with Gasteiger partial charge in [0.2, 0.25) is 11.9 Å². The number of aromatic nitrogens is 2. The van der Waals surface area contributed by atoms with Crippen molar-refractivity contribution in [2.75, 3.05) is 50.1 Å². The summed E-state index contributed by atoms with van der Waals surface area (Å²) >= 11 is 0. The monoisotopic (exact) mass is 573 g/mol. The maximum absolute atomic E-state index is 12.6. The van der Waals surface area contributed by atoms with Gasteiger partial charge in [0.05, 0.1) is 36.6 Å². The van der Waals surface area contributed by atoms with Crippen LogP contribution >= 0.6 is 0 Å². The smallest absolute Gasteiger partial charge is 0.410 e. The summed E-state index contributed by atoms with van der Waals surface area (Å²) in [6.45, 7) is 7.95. The third-order valence-electron chi connectivity index (χ3n) is 6.89. The number of anilines is 3. The maximum atomic E-state index is 12.6. The Hall–Kier alpha value is -4.35. The first-order chi connectivity index (χ1) is 20.1. The fraction of sp³-hybridized carbons (Fsp3) is 0.516. The molecule has 2 aromatic rings. The standard InChI is InChI=1S/C31H39N7O4/c1-31(2,3)42-30(40)37(4)21-27(39)34-26-7-5-6-22(18-26)8-11-24-20-33-29(35-25-12-9-23(19-32)10-13-25)36-28(24)38-14-16-41-17-15-38/h9-10,12-13,20,22,26H,5-7,14-18,21H2,1-4H3,(H,34,39)(H,33,35,36)/t22-,26-/m0/s1. The van der Waals surface area contributed by atoms with Crippen LogP contribution in [0.2, 0.25) is 0 Å². The van der Waals surface area contributed by atoms with E-state index >= 15 is 0 Å². The molecule has 11 nitrogen and oxygen atoms in total. The molecule has 1 aliphatic carbocycles. The van der Waals surface area contributed by atoms with Crippen LogP contribution in [0.3, 0.4) is 0 Å². The van der Waals surface area contributed by atoms with Crippen LogP contribution in [-0.4, -0.2) is 78.4 Å². The zero-order valence-corrected chi connectivity index (χ0v) is 24.8. The maximum Gasteiger partial charge on any atom is 0.410 e. The molecule has 1 saturated carbocycles. The molecule has 222 valence electrons. The van der Waals surface area contributed by atoms with Gasteiger partial charge in [-0.25, -0.2) is 9.78 Å². The number of nitrogens with zero attached hydrogens (tertiary/aromatic N) is 5. The van der Waals surface area contributed by atoms with E-state index in [1.807, 2.05) is 12.1 Å². The van der Waals surface area contributed by atoms with Gasteiger partial charge < -0.3 is 29.9 Å². The third kappa shape index (κ3) is 9.08. The van der Waals surface area contributed by atoms with E-state index in [1.54, 1.807) is 46.1 Å². The third-order valence-corrected chi connectivity index (χ3v) is 6.89. The Balaban J connectivity index is 1.41. The second-order valence-corrected chi connectivity index (χ2v) is 11.6. The van der Waals surface area contributed by atoms with Gasteiger partial charge in [-0.1, -0.05) is 18.3 Å². The number of nitriles is 1. The van der Waals surface area contributed by atoms with E-state index in [9.17, 15) is 9.59 Å². The Labute approximate surface area is 247 Å². The van der Waals surface area contributed by atoms with Crippen LogP contribution in [0.4, 0.5) is 22.2 Å². The minimum atomic E-state index is -0.619. The van der Waals surface area contributed by atoms with Crippen LogP contribution < -0.4 is 15.5 Å². The fourth-order valence-corrected chi connectivity index (χ4v) is 4.82. The molecule has 2 amide bonds. The number of ether oxygens (including phenoxy) is 2. The first kappa shape index (κ1) is 30.6. The highest BCUT2D eigenvalue weighted by Crippen LogP contribution is 2.26. The van der Waals surface area contributed by atoms with Crippen molar-refractivity contribution in [3.8, 4) is 17.9 Å². The van der Waals surface area contributed by atoms with E-state index in [0.29, 0.717) is 37.8 Å². The first-order valence-electron chi connectivity index (χ1n) is 14.3. The van der Waals surface area contributed by atoms with Crippen LogP contribution in [0, 0.1) is 29.1 Å². The van der Waals surface area contributed by atoms with E-state index in [-0.39, 0.29) is 24.4 Å². The number of nitrogens with one attached hydrogen (secondary N) is 2. The number of likely N-dealkylation sites (N-methyl/N-ethyl adjacent to an activating group) is 1. The van der Waals surface area contributed by atoms with Crippen molar-refractivity contribution in [2.24, 2.45) is 5.92 Å². The number of morpholine rings is 1. The Morgan fingerprint density at radius 2 is 1.93 bits per heavy atom. The lowest BCUT2D eigenvalue weighted by molar-refractivity contribution is -0.123. The van der Waals surface area contributed by atoms with Gasteiger partial charge in [-0.15, -0.1) is 0 Å². The van der Waals surface area contributed by atoms with Crippen molar-refractivity contribution in [3.05, 3.63) is 41.6 Å². The summed E-state index contributed by atoms with van der Waals surface area (Å²) in [6, 6.07) is 9.22. The van der Waals surface area contributed by atoms with Gasteiger partial charge in [-0.3, -0.25) is 4.79 Å². The van der Waals surface area contributed by atoms with Crippen molar-refractivity contribution in [3.63, 3.8) is 0 Å². The average molecular weight is 574 g/mol. The molecule has 2 aliphatic rings. The molecule has 42 heavy (non-hydrogen) atoms. The highest BCUT2D eigenvalue weighted by molar-refractivity contribution is 5.82. The van der Waals surface area contributed by atoms with Crippen LogP contribution in [0.25, 0.3) is 0 Å². The molecule has 1 aliphatic heterocycles. The highest BCUT2D eigenvalue weighted by Gasteiger charge is 2.25. The zero-order chi connectivity index (χ0) is 30.1. The number of carbonyl (C=O) groups excluding carboxylic acids is 2. The molecule has 2 atom stereocenters. The van der Waals surface area contributed by atoms with E-state index in [0.717, 1.165) is 42.8 Å². The van der Waals surface area contributed by atoms with Crippen molar-refractivity contribution < 1.29 is 19.1 Å². The molecule has 0 unspecified atom stereocenters. The van der Waals surface area contributed by atoms with Crippen LogP contribution in [-0.2, 0) is 14.3 Å². The molecule has 1 saturated heterocycles. The number of carbonyl (C=O) groups is 2. The molecule has 2 fully saturated rings. The Bertz CT molecular complexity index is 1350. The summed E-state index contributed by atoms with van der Waals surface area (Å²) < 4.78 is 10.9. The topological polar surface area (TPSA) is 133 Å². The van der Waals surface area contributed by atoms with E-state index in [2.05, 4.69) is 38.4 Å². The molecule has 1 aromatic carbocycles. The quantitative estimate of drug-likeness (QED) is 0.495. The Morgan fingerprint density at radius 1 is 1.19 bits per heavy atom. The van der Waals surface area contributed by atoms with E-state index in [1.165, 1.54) is 4.90 Å². The number of benzene rings is 1. The molecule has 1 aromatic heterocycles. The van der Waals surface area contributed by atoms with Crippen LogP contribution in [0.1, 0.15) is 57.6 Å². The highest BCUT2D eigenvalue weighted by atomic mass is 16.6. The second-order valence-electron chi connectivity index (χ2n) is 11.6. The van der Waals surface area contributed by atoms with Crippen molar-refractivity contribution in [2.45, 2.75) is 58.1 Å². The first-order valence-corrected chi connectivity index (χ1v) is 14.3. The van der Waals surface area contributed by atoms with Gasteiger partial charge in [0.15, 0.2) is 0 Å². The summed E-state index contributed by atoms with van der Waals surface area (Å²) in [4.78, 5) is 37.6. The molecule has 2 N–H and O–H groups in total. The zero-order valence-electron chi connectivity index (χ0n) is 24.8. The van der Waals surface area contributed by atoms with Gasteiger partial charge in [-0.05, 0) is 64.3 Å². The van der Waals surface area contributed by atoms with Gasteiger partial charge in [0.25, 0.3) is 0 Å². The van der Waals surface area contributed by atoms with Crippen molar-refractivity contribution >= 4 is 29.5 Å². The number of hydrogen-bond acceptors (Lipinski definition) is 9. The van der Waals surface area contributed by atoms with Gasteiger partial charge in [0, 0.05) is 37.8 Å². The van der Waals surface area contributed by atoms with Crippen molar-refractivity contribution in [1.29, 1.82) is 5.26 Å². The van der Waals surface area contributed by atoms with E-state index in [4.69, 9.17) is 19.7 Å². The summed E-state index contributed by atoms with van der Waals surface area (Å²) in [5, 5.41) is 15.3. The average Bonchev–Trinajstić information content (AvgIpc) is 2.96. The minimum Gasteiger partial charge on any atom is -0.444 e. The Morgan fingerprint density at radius 3 is 2.62 bits per heavy atom. The molecular weight excluding hydrogens is 534 g/mol. The minimum absolute atomic E-state index is 0.00783. The predicted octanol–water partition coefficient (Wildman–Crippen LogP) is 3.82. The molecule has 2 heterocycles. The molecule has 0 spiro atoms. The van der Waals surface area contributed by atoms with Crippen LogP contribution in [0.5, 0.6) is 0 Å². The number of rotatable bonds is 6. The summed E-state index contributed by atoms with van der Waals surface area (Å²) in [5.41, 5.74) is 1.49. The Kier molecular flexibility index (Phi) is 10.2. The lowest BCUT2D eigenvalue weighted by Crippen LogP contribution is -2.45. The summed E-state index contributed by atoms with van der Waals surface area (Å²) in [7, 11) is 1.56. The molecule has 11 heteroatoms. The summed E-state index contributed by atoms with van der Waals surface area (Å²) in [6.07, 6.45) is 4.72. The van der Waals surface area contributed by atoms with Gasteiger partial charge in [0.1, 0.15) is 18.0 Å². The van der Waals surface area contributed by atoms with Crippen LogP contribution in [0.15, 0.2) is 30.5 Å². The lowest BCUT2D eigenvalue weighted by Gasteiger charge is -2.29. The second kappa shape index (κ2) is 14.0. The molecular formula is C31H39N7O4. The van der Waals surface area contributed by atoms with E-state index < -0.39 is 11.7 Å². The van der Waals surface area contributed by atoms with Crippen molar-refractivity contribution in [1.82, 2.24) is 20.2 Å². The predicted molar refractivity (Wildman–Crippen MR) is 159 cm³/mol. The normalized spacial score (nSPS) is 18.6. The lowest BCUT2D eigenvalue weighted by atomic mass is 9.86. The molecule has 0 radical (unpaired) electrons. The molecule has 4 rings (SSSR count). The van der Waals surface area contributed by atoms with Gasteiger partial charge in [-0.2, -0.15) is 10.2 Å². The molecule has 0 bridgehead atoms. The number of amides is 2. The SMILES string of the molecule is CN(CC(=O)N[C@H]1CCC[C@@H](C#Cc2cnc(Nc3ccc(C#N)cc3)nc2N2CCOCC2)C1)C(=O)OC(C)(C)C. The summed E-state index contributed by atoms with van der Waals surface area (Å²) in [5.74, 6) is 7.84. The largest absolute Gasteiger partial charge is 0.444 e. The van der Waals surface area contributed by atoms with Gasteiger partial charge >= 0.3 is 6.09 Å². The number of hydrogen-bond donors (Lipinski definition) is 2.